The maximum atomic E-state index is 12.9. The molecule has 0 aromatic rings. The van der Waals surface area contributed by atoms with Gasteiger partial charge in [-0.25, -0.2) is 0 Å². The molecule has 0 aromatic heterocycles. The Bertz CT molecular complexity index is 1950. The van der Waals surface area contributed by atoms with Crippen molar-refractivity contribution in [3.8, 4) is 0 Å². The first-order chi connectivity index (χ1) is 45.6. The number of unbranched alkanes of at least 4 members (excludes halogenated alkanes) is 36. The second kappa shape index (κ2) is 73.5. The number of allylic oxidation sites excluding steroid dienone is 20. The Kier molecular flexibility index (Phi) is 70.1. The molecule has 0 spiro atoms. The van der Waals surface area contributed by atoms with E-state index in [4.69, 9.17) is 18.9 Å². The maximum Gasteiger partial charge on any atom is 0.306 e. The smallest absolute Gasteiger partial charge is 0.306 e. The average molecular weight is 1300 g/mol. The number of nitrogens with zero attached hydrogens (tertiary/aromatic N) is 1. The van der Waals surface area contributed by atoms with Crippen molar-refractivity contribution in [1.82, 2.24) is 0 Å². The Morgan fingerprint density at radius 1 is 0.333 bits per heavy atom. The highest BCUT2D eigenvalue weighted by molar-refractivity contribution is 5.70. The Morgan fingerprint density at radius 3 is 0.935 bits per heavy atom. The summed E-state index contributed by atoms with van der Waals surface area (Å²) in [5.74, 6) is -2.34. The Hall–Kier alpha value is -4.31. The summed E-state index contributed by atoms with van der Waals surface area (Å²) in [6, 6.07) is 0. The summed E-state index contributed by atoms with van der Waals surface area (Å²) in [4.78, 5) is 37.5. The third-order valence-corrected chi connectivity index (χ3v) is 16.7. The molecule has 0 radical (unpaired) electrons. The molecule has 0 aliphatic carbocycles. The van der Waals surface area contributed by atoms with Gasteiger partial charge in [0.1, 0.15) is 13.2 Å². The summed E-state index contributed by atoms with van der Waals surface area (Å²) in [5, 5.41) is 11.8. The average Bonchev–Trinajstić information content (AvgIpc) is 3.38. The Balaban J connectivity index is 4.04. The van der Waals surface area contributed by atoms with Crippen LogP contribution in [0.1, 0.15) is 335 Å². The number of aliphatic carboxylic acids is 1. The molecule has 0 aromatic carbocycles. The van der Waals surface area contributed by atoms with Gasteiger partial charge in [0.05, 0.1) is 40.3 Å². The number of carboxylic acids is 1. The van der Waals surface area contributed by atoms with Crippen LogP contribution in [0.2, 0.25) is 0 Å². The van der Waals surface area contributed by atoms with Crippen LogP contribution in [0.15, 0.2) is 122 Å². The van der Waals surface area contributed by atoms with Crippen molar-refractivity contribution in [3.63, 3.8) is 0 Å². The molecule has 93 heavy (non-hydrogen) atoms. The first kappa shape index (κ1) is 88.7. The molecule has 0 aliphatic rings. The van der Waals surface area contributed by atoms with Crippen molar-refractivity contribution in [2.24, 2.45) is 0 Å². The van der Waals surface area contributed by atoms with Crippen LogP contribution in [0.3, 0.4) is 0 Å². The Labute approximate surface area is 574 Å². The molecular weight excluding hydrogens is 1150 g/mol. The van der Waals surface area contributed by atoms with Gasteiger partial charge in [-0.05, 0) is 109 Å². The van der Waals surface area contributed by atoms with E-state index in [0.29, 0.717) is 17.4 Å². The molecule has 2 atom stereocenters. The summed E-state index contributed by atoms with van der Waals surface area (Å²) in [6.45, 7) is 4.59. The lowest BCUT2D eigenvalue weighted by molar-refractivity contribution is -0.870. The predicted octanol–water partition coefficient (Wildman–Crippen LogP) is 23.4. The first-order valence-corrected chi connectivity index (χ1v) is 38.7. The minimum Gasteiger partial charge on any atom is -0.545 e. The molecule has 0 amide bonds. The number of rotatable bonds is 71. The van der Waals surface area contributed by atoms with Crippen LogP contribution in [-0.2, 0) is 33.3 Å². The molecule has 0 saturated heterocycles. The number of ether oxygens (including phenoxy) is 4. The van der Waals surface area contributed by atoms with Gasteiger partial charge < -0.3 is 33.3 Å². The zero-order valence-corrected chi connectivity index (χ0v) is 61.1. The predicted molar refractivity (Wildman–Crippen MR) is 398 cm³/mol. The summed E-state index contributed by atoms with van der Waals surface area (Å²) < 4.78 is 22.8. The summed E-state index contributed by atoms with van der Waals surface area (Å²) >= 11 is 0. The van der Waals surface area contributed by atoms with Gasteiger partial charge in [-0.3, -0.25) is 9.59 Å². The van der Waals surface area contributed by atoms with Crippen LogP contribution in [0.5, 0.6) is 0 Å². The zero-order chi connectivity index (χ0) is 67.5. The van der Waals surface area contributed by atoms with E-state index < -0.39 is 24.3 Å². The molecule has 0 saturated carbocycles. The summed E-state index contributed by atoms with van der Waals surface area (Å²) in [7, 11) is 5.92. The molecule has 0 aliphatic heterocycles. The third kappa shape index (κ3) is 74.9. The molecule has 2 unspecified atom stereocenters. The maximum absolute atomic E-state index is 12.9. The van der Waals surface area contributed by atoms with Crippen molar-refractivity contribution in [2.75, 3.05) is 47.5 Å². The number of hydrogen-bond acceptors (Lipinski definition) is 8. The molecule has 0 bridgehead atoms. The third-order valence-electron chi connectivity index (χ3n) is 16.7. The van der Waals surface area contributed by atoms with Gasteiger partial charge in [0.15, 0.2) is 12.4 Å². The van der Waals surface area contributed by atoms with Crippen LogP contribution in [-0.4, -0.2) is 82.3 Å². The summed E-state index contributed by atoms with van der Waals surface area (Å²) in [6.07, 6.45) is 102. The highest BCUT2D eigenvalue weighted by Crippen LogP contribution is 2.18. The molecule has 9 heteroatoms. The SMILES string of the molecule is CC/C=C\C/C=C\C/C=C\C/C=C\C/C=C\C/C=C\C/C=C\C/C=C\CCCCC(=O)OC(COC(=O)CCCCCCCCCCCCCCCCCCCCCCCCCCCCCCC/C=C\C/C=C\CCCCCCC)COC(OCC[N+](C)(C)C)C(=O)[O-]. The van der Waals surface area contributed by atoms with E-state index in [1.165, 1.54) is 212 Å². The first-order valence-electron chi connectivity index (χ1n) is 38.7. The van der Waals surface area contributed by atoms with Crippen molar-refractivity contribution in [3.05, 3.63) is 122 Å². The number of hydrogen-bond donors (Lipinski definition) is 0. The lowest BCUT2D eigenvalue weighted by Gasteiger charge is -2.26. The van der Waals surface area contributed by atoms with Gasteiger partial charge in [0.2, 0.25) is 0 Å². The van der Waals surface area contributed by atoms with Crippen LogP contribution in [0.25, 0.3) is 0 Å². The van der Waals surface area contributed by atoms with Gasteiger partial charge in [0.25, 0.3) is 0 Å². The van der Waals surface area contributed by atoms with Crippen molar-refractivity contribution in [1.29, 1.82) is 0 Å². The lowest BCUT2D eigenvalue weighted by Crippen LogP contribution is -2.44. The van der Waals surface area contributed by atoms with Gasteiger partial charge in [-0.1, -0.05) is 334 Å². The molecule has 0 fully saturated rings. The van der Waals surface area contributed by atoms with E-state index in [0.717, 1.165) is 89.9 Å². The number of esters is 2. The van der Waals surface area contributed by atoms with Gasteiger partial charge in [-0.15, -0.1) is 0 Å². The molecule has 534 valence electrons. The van der Waals surface area contributed by atoms with E-state index in [2.05, 4.69) is 135 Å². The summed E-state index contributed by atoms with van der Waals surface area (Å²) in [5.41, 5.74) is 0. The molecule has 0 heterocycles. The fourth-order valence-electron chi connectivity index (χ4n) is 10.8. The van der Waals surface area contributed by atoms with E-state index in [1.807, 2.05) is 21.1 Å². The number of carbonyl (C=O) groups is 3. The number of quaternary nitrogens is 1. The van der Waals surface area contributed by atoms with Crippen molar-refractivity contribution in [2.45, 2.75) is 347 Å². The van der Waals surface area contributed by atoms with Crippen LogP contribution in [0.4, 0.5) is 0 Å². The Morgan fingerprint density at radius 2 is 0.613 bits per heavy atom. The minimum absolute atomic E-state index is 0.134. The second-order valence-corrected chi connectivity index (χ2v) is 26.9. The van der Waals surface area contributed by atoms with Gasteiger partial charge in [0, 0.05) is 12.8 Å². The molecule has 0 rings (SSSR count). The second-order valence-electron chi connectivity index (χ2n) is 26.9. The number of likely N-dealkylation sites (N-methyl/N-ethyl adjacent to an activating group) is 1. The quantitative estimate of drug-likeness (QED) is 0.0195. The van der Waals surface area contributed by atoms with E-state index in [-0.39, 0.29) is 38.6 Å². The largest absolute Gasteiger partial charge is 0.545 e. The van der Waals surface area contributed by atoms with Crippen LogP contribution in [0, 0.1) is 0 Å². The highest BCUT2D eigenvalue weighted by Gasteiger charge is 2.22. The van der Waals surface area contributed by atoms with Gasteiger partial charge >= 0.3 is 11.9 Å². The van der Waals surface area contributed by atoms with E-state index in [9.17, 15) is 19.5 Å². The monoisotopic (exact) mass is 1300 g/mol. The number of carbonyl (C=O) groups excluding carboxylic acids is 3. The molecule has 0 N–H and O–H groups in total. The highest BCUT2D eigenvalue weighted by atomic mass is 16.7. The van der Waals surface area contributed by atoms with E-state index in [1.54, 1.807) is 0 Å². The van der Waals surface area contributed by atoms with Crippen LogP contribution >= 0.6 is 0 Å². The number of carboxylic acid groups (broad SMARTS) is 1. The zero-order valence-electron chi connectivity index (χ0n) is 61.1. The standard InChI is InChI=1S/C84H145NO8/c1-6-8-10-12-14-16-18-20-22-24-26-28-30-32-34-35-36-37-38-39-40-41-42-43-44-45-46-47-49-50-52-54-56-58-60-62-64-66-68-70-72-74-81(86)91-78-80(79-92-84(83(88)89)90-77-76-85(3,4)5)93-82(87)75-73-71-69-67-65-63-61-59-57-55-53-51-48-33-31-29-27-25-23-21-19-17-15-13-11-9-7-2/h9,11,15,17-18,20-21,23-24,26-27,29,33,48,53,55,59,61,65,67,80,84H,6-8,10,12-14,16,19,22,25,28,30-32,34-47,49-52,54,56-58,60,62-64,66,68-79H2,1-5H3/b11-9-,17-15-,20-18-,23-21-,26-24-,29-27-,48-33-,55-53-,61-59-,67-65-. The molecular formula is C84H145NO8. The molecule has 9 nitrogen and oxygen atoms in total. The fourth-order valence-corrected chi connectivity index (χ4v) is 10.8. The van der Waals surface area contributed by atoms with Crippen LogP contribution < -0.4 is 5.11 Å². The fraction of sp³-hybridized carbons (Fsp3) is 0.726. The van der Waals surface area contributed by atoms with Crippen molar-refractivity contribution >= 4 is 17.9 Å². The van der Waals surface area contributed by atoms with Gasteiger partial charge in [-0.2, -0.15) is 0 Å². The lowest BCUT2D eigenvalue weighted by atomic mass is 10.0. The normalized spacial score (nSPS) is 13.3. The van der Waals surface area contributed by atoms with Crippen molar-refractivity contribution < 1.29 is 42.9 Å². The minimum atomic E-state index is -1.64. The van der Waals surface area contributed by atoms with E-state index >= 15 is 0 Å². The topological polar surface area (TPSA) is 111 Å².